The van der Waals surface area contributed by atoms with Gasteiger partial charge in [-0.25, -0.2) is 4.39 Å². The molecule has 0 aliphatic carbocycles. The number of hydrogen-bond donors (Lipinski definition) is 1. The number of nitrogens with two attached hydrogens (primary N) is 1. The fourth-order valence-corrected chi connectivity index (χ4v) is 3.02. The Morgan fingerprint density at radius 1 is 1.21 bits per heavy atom. The van der Waals surface area contributed by atoms with Crippen LogP contribution in [0.15, 0.2) is 56.7 Å². The summed E-state index contributed by atoms with van der Waals surface area (Å²) in [6.07, 6.45) is 0.677. The van der Waals surface area contributed by atoms with Crippen LogP contribution in [0.1, 0.15) is 12.5 Å². The van der Waals surface area contributed by atoms with Crippen LogP contribution in [0.3, 0.4) is 0 Å². The second kappa shape index (κ2) is 6.55. The van der Waals surface area contributed by atoms with Crippen molar-refractivity contribution in [3.05, 3.63) is 58.3 Å². The summed E-state index contributed by atoms with van der Waals surface area (Å²) in [4.78, 5) is 1.68. The van der Waals surface area contributed by atoms with Gasteiger partial charge in [0.05, 0.1) is 4.90 Å². The van der Waals surface area contributed by atoms with Crippen molar-refractivity contribution in [1.82, 2.24) is 0 Å². The molecule has 0 aromatic heterocycles. The maximum Gasteiger partial charge on any atom is 0.137 e. The Kier molecular flexibility index (Phi) is 5.02. The van der Waals surface area contributed by atoms with Crippen LogP contribution in [0.2, 0.25) is 0 Å². The normalized spacial score (nSPS) is 12.4. The molecule has 2 aromatic rings. The summed E-state index contributed by atoms with van der Waals surface area (Å²) in [7, 11) is 0. The zero-order valence-electron chi connectivity index (χ0n) is 10.6. The minimum Gasteiger partial charge on any atom is -0.328 e. The lowest BCUT2D eigenvalue weighted by atomic mass is 10.1. The summed E-state index contributed by atoms with van der Waals surface area (Å²) in [6, 6.07) is 13.0. The summed E-state index contributed by atoms with van der Waals surface area (Å²) >= 11 is 4.83. The Morgan fingerprint density at radius 2 is 1.89 bits per heavy atom. The first-order chi connectivity index (χ1) is 9.06. The van der Waals surface area contributed by atoms with Gasteiger partial charge < -0.3 is 5.73 Å². The maximum absolute atomic E-state index is 14.0. The molecule has 0 aliphatic heterocycles. The highest BCUT2D eigenvalue weighted by Crippen LogP contribution is 2.33. The van der Waals surface area contributed by atoms with Gasteiger partial charge in [0.2, 0.25) is 0 Å². The van der Waals surface area contributed by atoms with Crippen LogP contribution in [0.5, 0.6) is 0 Å². The van der Waals surface area contributed by atoms with E-state index in [1.165, 1.54) is 17.8 Å². The van der Waals surface area contributed by atoms with Gasteiger partial charge in [0.25, 0.3) is 0 Å². The van der Waals surface area contributed by atoms with Crippen LogP contribution >= 0.6 is 27.7 Å². The smallest absolute Gasteiger partial charge is 0.137 e. The highest BCUT2D eigenvalue weighted by atomic mass is 79.9. The maximum atomic E-state index is 14.0. The van der Waals surface area contributed by atoms with Gasteiger partial charge in [0, 0.05) is 15.4 Å². The summed E-state index contributed by atoms with van der Waals surface area (Å²) in [5.74, 6) is -0.189. The molecule has 1 nitrogen and oxygen atoms in total. The van der Waals surface area contributed by atoms with Gasteiger partial charge in [-0.2, -0.15) is 0 Å². The first kappa shape index (κ1) is 14.6. The Balaban J connectivity index is 2.30. The molecule has 4 heteroatoms. The van der Waals surface area contributed by atoms with Crippen molar-refractivity contribution < 1.29 is 4.39 Å². The Hall–Kier alpha value is -0.840. The number of benzene rings is 2. The average molecular weight is 340 g/mol. The molecular weight excluding hydrogens is 325 g/mol. The van der Waals surface area contributed by atoms with Gasteiger partial charge >= 0.3 is 0 Å². The van der Waals surface area contributed by atoms with Crippen LogP contribution in [0.4, 0.5) is 4.39 Å². The average Bonchev–Trinajstić information content (AvgIpc) is 2.35. The molecule has 0 heterocycles. The fraction of sp³-hybridized carbons (Fsp3) is 0.200. The van der Waals surface area contributed by atoms with Crippen molar-refractivity contribution >= 4 is 27.7 Å². The van der Waals surface area contributed by atoms with E-state index < -0.39 is 0 Å². The molecule has 0 spiro atoms. The van der Waals surface area contributed by atoms with Crippen molar-refractivity contribution in [3.63, 3.8) is 0 Å². The van der Waals surface area contributed by atoms with Crippen LogP contribution in [-0.2, 0) is 6.42 Å². The summed E-state index contributed by atoms with van der Waals surface area (Å²) in [5.41, 5.74) is 6.78. The summed E-state index contributed by atoms with van der Waals surface area (Å²) < 4.78 is 15.0. The van der Waals surface area contributed by atoms with Crippen LogP contribution < -0.4 is 5.73 Å². The molecule has 1 unspecified atom stereocenters. The molecule has 0 aliphatic rings. The van der Waals surface area contributed by atoms with Gasteiger partial charge in [-0.1, -0.05) is 39.8 Å². The first-order valence-electron chi connectivity index (χ1n) is 6.02. The van der Waals surface area contributed by atoms with Gasteiger partial charge in [-0.3, -0.25) is 0 Å². The molecule has 2 rings (SSSR count). The zero-order valence-corrected chi connectivity index (χ0v) is 13.0. The Labute approximate surface area is 125 Å². The molecular formula is C15H15BrFNS. The van der Waals surface area contributed by atoms with E-state index in [-0.39, 0.29) is 11.9 Å². The fourth-order valence-electron chi connectivity index (χ4n) is 1.80. The monoisotopic (exact) mass is 339 g/mol. The van der Waals surface area contributed by atoms with Crippen molar-refractivity contribution in [2.45, 2.75) is 29.2 Å². The third kappa shape index (κ3) is 4.06. The van der Waals surface area contributed by atoms with E-state index >= 15 is 0 Å². The second-order valence-electron chi connectivity index (χ2n) is 4.47. The largest absolute Gasteiger partial charge is 0.328 e. The quantitative estimate of drug-likeness (QED) is 0.878. The van der Waals surface area contributed by atoms with Gasteiger partial charge in [0.1, 0.15) is 5.82 Å². The van der Waals surface area contributed by atoms with Crippen molar-refractivity contribution in [3.8, 4) is 0 Å². The highest BCUT2D eigenvalue weighted by Gasteiger charge is 2.11. The van der Waals surface area contributed by atoms with Gasteiger partial charge in [0.15, 0.2) is 0 Å². The van der Waals surface area contributed by atoms with E-state index in [0.717, 1.165) is 14.9 Å². The molecule has 19 heavy (non-hydrogen) atoms. The summed E-state index contributed by atoms with van der Waals surface area (Å²) in [5, 5.41) is 0. The van der Waals surface area contributed by atoms with E-state index in [1.807, 2.05) is 37.3 Å². The standard InChI is InChI=1S/C15H15BrFNS/c1-10(18)9-11-3-2-4-14(17)15(11)19-13-7-5-12(16)6-8-13/h2-8,10H,9,18H2,1H3. The van der Waals surface area contributed by atoms with Gasteiger partial charge in [-0.15, -0.1) is 0 Å². The van der Waals surface area contributed by atoms with E-state index in [1.54, 1.807) is 6.07 Å². The molecule has 0 saturated carbocycles. The predicted molar refractivity (Wildman–Crippen MR) is 82.0 cm³/mol. The topological polar surface area (TPSA) is 26.0 Å². The van der Waals surface area contributed by atoms with Crippen molar-refractivity contribution in [2.24, 2.45) is 5.73 Å². The van der Waals surface area contributed by atoms with E-state index in [4.69, 9.17) is 5.73 Å². The molecule has 0 saturated heterocycles. The highest BCUT2D eigenvalue weighted by molar-refractivity contribution is 9.10. The van der Waals surface area contributed by atoms with Crippen LogP contribution in [-0.4, -0.2) is 6.04 Å². The molecule has 0 radical (unpaired) electrons. The second-order valence-corrected chi connectivity index (χ2v) is 6.46. The lowest BCUT2D eigenvalue weighted by Gasteiger charge is -2.12. The Bertz CT molecular complexity index is 555. The minimum atomic E-state index is -0.189. The minimum absolute atomic E-state index is 0.0195. The molecule has 0 bridgehead atoms. The molecule has 2 N–H and O–H groups in total. The first-order valence-corrected chi connectivity index (χ1v) is 7.63. The number of rotatable bonds is 4. The summed E-state index contributed by atoms with van der Waals surface area (Å²) in [6.45, 7) is 1.93. The zero-order chi connectivity index (χ0) is 13.8. The van der Waals surface area contributed by atoms with E-state index in [2.05, 4.69) is 15.9 Å². The van der Waals surface area contributed by atoms with E-state index in [0.29, 0.717) is 11.3 Å². The molecule has 1 atom stereocenters. The number of hydrogen-bond acceptors (Lipinski definition) is 2. The van der Waals surface area contributed by atoms with Crippen LogP contribution in [0.25, 0.3) is 0 Å². The van der Waals surface area contributed by atoms with Crippen LogP contribution in [0, 0.1) is 5.82 Å². The lowest BCUT2D eigenvalue weighted by Crippen LogP contribution is -2.18. The predicted octanol–water partition coefficient (Wildman–Crippen LogP) is 4.63. The molecule has 0 amide bonds. The van der Waals surface area contributed by atoms with E-state index in [9.17, 15) is 4.39 Å². The van der Waals surface area contributed by atoms with Gasteiger partial charge in [-0.05, 0) is 49.2 Å². The third-order valence-electron chi connectivity index (χ3n) is 2.62. The molecule has 100 valence electrons. The van der Waals surface area contributed by atoms with Crippen molar-refractivity contribution in [1.29, 1.82) is 0 Å². The Morgan fingerprint density at radius 3 is 2.53 bits per heavy atom. The lowest BCUT2D eigenvalue weighted by molar-refractivity contribution is 0.593. The SMILES string of the molecule is CC(N)Cc1cccc(F)c1Sc1ccc(Br)cc1. The molecule has 0 fully saturated rings. The van der Waals surface area contributed by atoms with Crippen molar-refractivity contribution in [2.75, 3.05) is 0 Å². The molecule has 2 aromatic carbocycles. The number of halogens is 2. The third-order valence-corrected chi connectivity index (χ3v) is 4.32.